The van der Waals surface area contributed by atoms with Crippen LogP contribution in [0.15, 0.2) is 36.4 Å². The van der Waals surface area contributed by atoms with E-state index >= 15 is 0 Å². The Labute approximate surface area is 211 Å². The lowest BCUT2D eigenvalue weighted by Crippen LogP contribution is -2.42. The van der Waals surface area contributed by atoms with Crippen molar-refractivity contribution in [2.24, 2.45) is 11.8 Å². The first kappa shape index (κ1) is 24.0. The summed E-state index contributed by atoms with van der Waals surface area (Å²) in [5.74, 6) is 2.63. The third kappa shape index (κ3) is 5.76. The van der Waals surface area contributed by atoms with Crippen LogP contribution in [0.3, 0.4) is 0 Å². The van der Waals surface area contributed by atoms with Crippen LogP contribution >= 0.6 is 11.6 Å². The van der Waals surface area contributed by atoms with Crippen molar-refractivity contribution in [2.45, 2.75) is 39.0 Å². The van der Waals surface area contributed by atoms with Gasteiger partial charge in [-0.05, 0) is 87.5 Å². The van der Waals surface area contributed by atoms with Crippen LogP contribution in [0, 0.1) is 11.8 Å². The summed E-state index contributed by atoms with van der Waals surface area (Å²) in [6.07, 6.45) is 5.34. The van der Waals surface area contributed by atoms with E-state index in [0.717, 1.165) is 62.7 Å². The molecule has 2 aromatic heterocycles. The number of benzene rings is 1. The van der Waals surface area contributed by atoms with Gasteiger partial charge in [0.25, 0.3) is 0 Å². The van der Waals surface area contributed by atoms with Gasteiger partial charge in [0.05, 0.1) is 0 Å². The maximum absolute atomic E-state index is 12.7. The maximum Gasteiger partial charge on any atom is 0.223 e. The van der Waals surface area contributed by atoms with Crippen molar-refractivity contribution in [3.8, 4) is 11.4 Å². The van der Waals surface area contributed by atoms with Gasteiger partial charge >= 0.3 is 0 Å². The van der Waals surface area contributed by atoms with Gasteiger partial charge in [0, 0.05) is 42.7 Å². The average Bonchev–Trinajstić information content (AvgIpc) is 3.30. The summed E-state index contributed by atoms with van der Waals surface area (Å²) in [6, 6.07) is 11.4. The minimum absolute atomic E-state index is 0.0736. The highest BCUT2D eigenvalue weighted by Gasteiger charge is 2.26. The van der Waals surface area contributed by atoms with Gasteiger partial charge in [-0.3, -0.25) is 4.79 Å². The molecule has 0 saturated carbocycles. The van der Waals surface area contributed by atoms with Crippen molar-refractivity contribution in [1.29, 1.82) is 0 Å². The fourth-order valence-corrected chi connectivity index (χ4v) is 5.37. The number of carbonyl (C=O) groups excluding carboxylic acids is 1. The summed E-state index contributed by atoms with van der Waals surface area (Å²) in [5.41, 5.74) is 1.61. The molecule has 0 aliphatic carbocycles. The Morgan fingerprint density at radius 2 is 1.86 bits per heavy atom. The van der Waals surface area contributed by atoms with Crippen LogP contribution in [-0.2, 0) is 4.79 Å². The summed E-state index contributed by atoms with van der Waals surface area (Å²) < 4.78 is 1.78. The van der Waals surface area contributed by atoms with Gasteiger partial charge in [0.15, 0.2) is 11.5 Å². The number of piperidine rings is 2. The third-order valence-electron chi connectivity index (χ3n) is 7.23. The van der Waals surface area contributed by atoms with Crippen LogP contribution in [0.4, 0.5) is 5.82 Å². The van der Waals surface area contributed by atoms with E-state index in [9.17, 15) is 4.79 Å². The first-order valence-electron chi connectivity index (χ1n) is 12.8. The van der Waals surface area contributed by atoms with Crippen LogP contribution in [0.5, 0.6) is 0 Å². The molecule has 2 saturated heterocycles. The van der Waals surface area contributed by atoms with Crippen LogP contribution < -0.4 is 10.2 Å². The fraction of sp³-hybridized carbons (Fsp3) is 0.538. The highest BCUT2D eigenvalue weighted by atomic mass is 35.5. The first-order valence-corrected chi connectivity index (χ1v) is 13.2. The Bertz CT molecular complexity index is 1140. The Hall–Kier alpha value is -2.71. The molecule has 0 spiro atoms. The standard InChI is InChI=1S/C26H34ClN7O/c1-19-4-2-14-32(18-19)15-3-13-28-26(35)21-11-16-33(17-12-21)24-10-9-23-29-30-25(34(23)31-24)20-5-7-22(27)8-6-20/h5-10,19,21H,2-4,11-18H2,1H3,(H,28,35)/t19-/m1/s1. The monoisotopic (exact) mass is 495 g/mol. The average molecular weight is 496 g/mol. The lowest BCUT2D eigenvalue weighted by Gasteiger charge is -2.32. The zero-order valence-electron chi connectivity index (χ0n) is 20.4. The SMILES string of the molecule is C[C@@H]1CCCN(CCCNC(=O)C2CCN(c3ccc4nnc(-c5ccc(Cl)cc5)n4n3)CC2)C1. The molecule has 2 aliphatic heterocycles. The summed E-state index contributed by atoms with van der Waals surface area (Å²) in [7, 11) is 0. The Morgan fingerprint density at radius 1 is 1.06 bits per heavy atom. The molecule has 1 amide bonds. The quantitative estimate of drug-likeness (QED) is 0.501. The molecule has 0 radical (unpaired) electrons. The smallest absolute Gasteiger partial charge is 0.223 e. The highest BCUT2D eigenvalue weighted by Crippen LogP contribution is 2.25. The molecule has 5 rings (SSSR count). The van der Waals surface area contributed by atoms with E-state index in [1.54, 1.807) is 4.52 Å². The summed E-state index contributed by atoms with van der Waals surface area (Å²) in [4.78, 5) is 17.5. The molecular formula is C26H34ClN7O. The Kier molecular flexibility index (Phi) is 7.48. The van der Waals surface area contributed by atoms with Gasteiger partial charge in [-0.2, -0.15) is 4.52 Å². The summed E-state index contributed by atoms with van der Waals surface area (Å²) in [5, 5.41) is 17.2. The molecule has 2 fully saturated rings. The molecule has 8 nitrogen and oxygen atoms in total. The van der Waals surface area contributed by atoms with E-state index < -0.39 is 0 Å². The number of fused-ring (bicyclic) bond motifs is 1. The van der Waals surface area contributed by atoms with Crippen LogP contribution in [-0.4, -0.2) is 69.9 Å². The van der Waals surface area contributed by atoms with E-state index in [1.807, 2.05) is 36.4 Å². The van der Waals surface area contributed by atoms with Crippen molar-refractivity contribution in [1.82, 2.24) is 30.0 Å². The van der Waals surface area contributed by atoms with E-state index in [0.29, 0.717) is 16.5 Å². The van der Waals surface area contributed by atoms with E-state index in [2.05, 4.69) is 32.2 Å². The maximum atomic E-state index is 12.7. The van der Waals surface area contributed by atoms with Gasteiger partial charge in [0.2, 0.25) is 5.91 Å². The highest BCUT2D eigenvalue weighted by molar-refractivity contribution is 6.30. The molecule has 186 valence electrons. The van der Waals surface area contributed by atoms with Gasteiger partial charge in [-0.1, -0.05) is 18.5 Å². The number of carbonyl (C=O) groups is 1. The zero-order chi connectivity index (χ0) is 24.2. The lowest BCUT2D eigenvalue weighted by molar-refractivity contribution is -0.125. The molecule has 0 bridgehead atoms. The molecule has 1 atom stereocenters. The number of hydrogen-bond acceptors (Lipinski definition) is 6. The second-order valence-electron chi connectivity index (χ2n) is 9.95. The third-order valence-corrected chi connectivity index (χ3v) is 7.48. The van der Waals surface area contributed by atoms with E-state index in [-0.39, 0.29) is 11.8 Å². The number of aromatic nitrogens is 4. The molecule has 35 heavy (non-hydrogen) atoms. The van der Waals surface area contributed by atoms with E-state index in [1.165, 1.54) is 25.9 Å². The van der Waals surface area contributed by atoms with Gasteiger partial charge in [-0.15, -0.1) is 15.3 Å². The molecule has 1 aromatic carbocycles. The molecule has 0 unspecified atom stereocenters. The van der Waals surface area contributed by atoms with Crippen molar-refractivity contribution < 1.29 is 4.79 Å². The summed E-state index contributed by atoms with van der Waals surface area (Å²) >= 11 is 6.03. The van der Waals surface area contributed by atoms with Gasteiger partial charge in [-0.25, -0.2) is 0 Å². The second-order valence-corrected chi connectivity index (χ2v) is 10.4. The fourth-order valence-electron chi connectivity index (χ4n) is 5.25. The normalized spacial score (nSPS) is 19.8. The first-order chi connectivity index (χ1) is 17.1. The second kappa shape index (κ2) is 10.9. The molecule has 4 heterocycles. The minimum atomic E-state index is 0.0736. The number of rotatable bonds is 7. The predicted octanol–water partition coefficient (Wildman–Crippen LogP) is 3.90. The van der Waals surface area contributed by atoms with Crippen molar-refractivity contribution in [3.63, 3.8) is 0 Å². The number of halogens is 1. The minimum Gasteiger partial charge on any atom is -0.356 e. The zero-order valence-corrected chi connectivity index (χ0v) is 21.1. The number of likely N-dealkylation sites (tertiary alicyclic amines) is 1. The van der Waals surface area contributed by atoms with Crippen LogP contribution in [0.1, 0.15) is 39.0 Å². The lowest BCUT2D eigenvalue weighted by atomic mass is 9.96. The van der Waals surface area contributed by atoms with Crippen molar-refractivity contribution >= 4 is 29.0 Å². The molecule has 2 aliphatic rings. The number of amides is 1. The summed E-state index contributed by atoms with van der Waals surface area (Å²) in [6.45, 7) is 8.19. The van der Waals surface area contributed by atoms with Gasteiger partial charge in [0.1, 0.15) is 5.82 Å². The van der Waals surface area contributed by atoms with Crippen molar-refractivity contribution in [3.05, 3.63) is 41.4 Å². The Balaban J connectivity index is 1.13. The molecule has 9 heteroatoms. The number of nitrogens with one attached hydrogen (secondary N) is 1. The molecule has 3 aromatic rings. The molecule has 1 N–H and O–H groups in total. The number of hydrogen-bond donors (Lipinski definition) is 1. The largest absolute Gasteiger partial charge is 0.356 e. The van der Waals surface area contributed by atoms with Crippen LogP contribution in [0.2, 0.25) is 5.02 Å². The van der Waals surface area contributed by atoms with Crippen molar-refractivity contribution in [2.75, 3.05) is 44.2 Å². The Morgan fingerprint density at radius 3 is 2.63 bits per heavy atom. The van der Waals surface area contributed by atoms with E-state index in [4.69, 9.17) is 16.7 Å². The van der Waals surface area contributed by atoms with Crippen LogP contribution in [0.25, 0.3) is 17.0 Å². The molecular weight excluding hydrogens is 462 g/mol. The number of nitrogens with zero attached hydrogens (tertiary/aromatic N) is 6. The topological polar surface area (TPSA) is 78.7 Å². The predicted molar refractivity (Wildman–Crippen MR) is 139 cm³/mol. The number of anilines is 1. The van der Waals surface area contributed by atoms with Gasteiger partial charge < -0.3 is 15.1 Å².